The monoisotopic (exact) mass is 390 g/mol. The van der Waals surface area contributed by atoms with Crippen LogP contribution in [-0.2, 0) is 21.6 Å². The molecule has 2 atom stereocenters. The fourth-order valence-corrected chi connectivity index (χ4v) is 4.26. The number of aromatic nitrogens is 2. The molecule has 1 N–H and O–H groups in total. The van der Waals surface area contributed by atoms with Gasteiger partial charge >= 0.3 is 5.97 Å². The van der Waals surface area contributed by atoms with Gasteiger partial charge in [-0.25, -0.2) is 4.79 Å². The van der Waals surface area contributed by atoms with Crippen LogP contribution in [0.4, 0.5) is 0 Å². The van der Waals surface area contributed by atoms with Crippen molar-refractivity contribution in [1.82, 2.24) is 9.78 Å². The molecule has 2 unspecified atom stereocenters. The number of rotatable bonds is 5. The number of hydrogen-bond acceptors (Lipinski definition) is 3. The van der Waals surface area contributed by atoms with Gasteiger partial charge in [-0.05, 0) is 42.0 Å². The highest BCUT2D eigenvalue weighted by molar-refractivity contribution is 5.89. The lowest BCUT2D eigenvalue weighted by atomic mass is 9.86. The van der Waals surface area contributed by atoms with Gasteiger partial charge < -0.3 is 9.47 Å². The van der Waals surface area contributed by atoms with Gasteiger partial charge in [0.25, 0.3) is 0 Å². The number of hydrogen-bond donors (Lipinski definition) is 1. The summed E-state index contributed by atoms with van der Waals surface area (Å²) in [4.78, 5) is 12.5. The minimum Gasteiger partial charge on any atom is -0.452 e. The zero-order valence-electron chi connectivity index (χ0n) is 16.9. The average Bonchev–Trinajstić information content (AvgIpc) is 3.48. The van der Waals surface area contributed by atoms with Crippen LogP contribution in [0.1, 0.15) is 71.6 Å². The molecule has 1 spiro atoms. The molecule has 5 heteroatoms. The third kappa shape index (κ3) is 3.29. The van der Waals surface area contributed by atoms with Gasteiger partial charge in [-0.15, -0.1) is 0 Å². The molecule has 0 bridgehead atoms. The molecule has 1 fully saturated rings. The lowest BCUT2D eigenvalue weighted by Gasteiger charge is -2.36. The number of ether oxygens (including phenoxy) is 2. The second kappa shape index (κ2) is 6.92. The van der Waals surface area contributed by atoms with Crippen LogP contribution < -0.4 is 0 Å². The van der Waals surface area contributed by atoms with Crippen LogP contribution in [0.5, 0.6) is 0 Å². The fraction of sp³-hybridized carbons (Fsp3) is 0.375. The zero-order chi connectivity index (χ0) is 20.0. The van der Waals surface area contributed by atoms with Crippen molar-refractivity contribution in [3.05, 3.63) is 82.7 Å². The first kappa shape index (κ1) is 18.3. The number of nitrogens with one attached hydrogen (secondary N) is 1. The predicted octanol–water partition coefficient (Wildman–Crippen LogP) is 4.91. The van der Waals surface area contributed by atoms with Crippen molar-refractivity contribution in [3.8, 4) is 0 Å². The van der Waals surface area contributed by atoms with Crippen molar-refractivity contribution in [2.75, 3.05) is 6.61 Å². The molecule has 0 radical (unpaired) electrons. The van der Waals surface area contributed by atoms with Crippen molar-refractivity contribution >= 4 is 5.97 Å². The van der Waals surface area contributed by atoms with E-state index in [1.54, 1.807) is 12.1 Å². The number of H-pyrrole nitrogens is 1. The molecule has 5 rings (SSSR count). The number of nitrogens with zero attached hydrogens (tertiary/aromatic N) is 1. The van der Waals surface area contributed by atoms with Crippen molar-refractivity contribution in [2.24, 2.45) is 0 Å². The predicted molar refractivity (Wildman–Crippen MR) is 110 cm³/mol. The zero-order valence-corrected chi connectivity index (χ0v) is 16.9. The highest BCUT2D eigenvalue weighted by atomic mass is 16.6. The van der Waals surface area contributed by atoms with Crippen molar-refractivity contribution in [1.29, 1.82) is 0 Å². The van der Waals surface area contributed by atoms with Gasteiger partial charge in [0.15, 0.2) is 0 Å². The Labute approximate surface area is 170 Å². The van der Waals surface area contributed by atoms with Gasteiger partial charge in [-0.3, -0.25) is 9.78 Å². The standard InChI is InChI=1S/C24H26N2O3/c1-16(2)18-10-8-17(9-11-18)14-26-22-21(25-26)20(12-13-24(22)15-28-24)29-23(27)19-6-4-3-5-7-19/h3-11,16,20,25H,12-15H2,1-2H3. The molecule has 2 aliphatic rings. The molecule has 2 aromatic carbocycles. The molecule has 1 saturated heterocycles. The number of esters is 1. The lowest BCUT2D eigenvalue weighted by molar-refractivity contribution is 0.0163. The molecule has 0 amide bonds. The van der Waals surface area contributed by atoms with Crippen LogP contribution in [-0.4, -0.2) is 22.4 Å². The summed E-state index contributed by atoms with van der Waals surface area (Å²) in [6, 6.07) is 17.9. The minimum atomic E-state index is -0.278. The van der Waals surface area contributed by atoms with Crippen molar-refractivity contribution in [2.45, 2.75) is 50.9 Å². The third-order valence-electron chi connectivity index (χ3n) is 6.08. The quantitative estimate of drug-likeness (QED) is 0.498. The van der Waals surface area contributed by atoms with E-state index in [-0.39, 0.29) is 17.7 Å². The van der Waals surface area contributed by atoms with Gasteiger partial charge in [0.1, 0.15) is 11.7 Å². The van der Waals surface area contributed by atoms with E-state index in [0.29, 0.717) is 11.5 Å². The summed E-state index contributed by atoms with van der Waals surface area (Å²) in [5.41, 5.74) is 5.14. The Morgan fingerprint density at radius 3 is 2.59 bits per heavy atom. The Morgan fingerprint density at radius 1 is 1.21 bits per heavy atom. The number of aromatic amines is 1. The topological polar surface area (TPSA) is 59.5 Å². The number of fused-ring (bicyclic) bond motifs is 2. The normalized spacial score (nSPS) is 22.7. The van der Waals surface area contributed by atoms with Gasteiger partial charge in [-0.2, -0.15) is 0 Å². The van der Waals surface area contributed by atoms with E-state index in [1.807, 2.05) is 18.2 Å². The van der Waals surface area contributed by atoms with E-state index in [4.69, 9.17) is 9.47 Å². The molecule has 1 aromatic heterocycles. The summed E-state index contributed by atoms with van der Waals surface area (Å²) in [6.45, 7) is 5.92. The van der Waals surface area contributed by atoms with Crippen LogP contribution >= 0.6 is 0 Å². The maximum absolute atomic E-state index is 12.5. The SMILES string of the molecule is CC(C)c1ccc(Cn2[nH]c3c2C2(CCC3OC(=O)c3ccccc3)CO2)cc1. The molecule has 29 heavy (non-hydrogen) atoms. The summed E-state index contributed by atoms with van der Waals surface area (Å²) in [5.74, 6) is 0.252. The lowest BCUT2D eigenvalue weighted by Crippen LogP contribution is -2.36. The van der Waals surface area contributed by atoms with Crippen molar-refractivity contribution in [3.63, 3.8) is 0 Å². The summed E-state index contributed by atoms with van der Waals surface area (Å²) < 4.78 is 13.8. The number of benzene rings is 2. The van der Waals surface area contributed by atoms with Crippen molar-refractivity contribution < 1.29 is 14.3 Å². The largest absolute Gasteiger partial charge is 0.452 e. The van der Waals surface area contributed by atoms with E-state index in [1.165, 1.54) is 11.1 Å². The van der Waals surface area contributed by atoms with E-state index >= 15 is 0 Å². The number of epoxide rings is 1. The van der Waals surface area contributed by atoms with Gasteiger partial charge in [0.05, 0.1) is 30.1 Å². The van der Waals surface area contributed by atoms with Gasteiger partial charge in [-0.1, -0.05) is 56.3 Å². The summed E-state index contributed by atoms with van der Waals surface area (Å²) in [5, 5.41) is 3.43. The minimum absolute atomic E-state index is 0.186. The third-order valence-corrected chi connectivity index (χ3v) is 6.08. The molecule has 150 valence electrons. The second-order valence-corrected chi connectivity index (χ2v) is 8.44. The van der Waals surface area contributed by atoms with E-state index in [0.717, 1.165) is 37.4 Å². The Hall–Kier alpha value is -2.79. The summed E-state index contributed by atoms with van der Waals surface area (Å²) in [6.07, 6.45) is 1.41. The van der Waals surface area contributed by atoms with Crippen LogP contribution in [0, 0.1) is 0 Å². The van der Waals surface area contributed by atoms with Crippen LogP contribution in [0.15, 0.2) is 54.6 Å². The van der Waals surface area contributed by atoms with Gasteiger partial charge in [0, 0.05) is 0 Å². The molecule has 2 heterocycles. The molecular weight excluding hydrogens is 364 g/mol. The Bertz CT molecular complexity index is 1010. The molecule has 5 nitrogen and oxygen atoms in total. The Balaban J connectivity index is 1.35. The summed E-state index contributed by atoms with van der Waals surface area (Å²) >= 11 is 0. The van der Waals surface area contributed by atoms with E-state index in [9.17, 15) is 4.79 Å². The molecule has 0 saturated carbocycles. The summed E-state index contributed by atoms with van der Waals surface area (Å²) in [7, 11) is 0. The highest BCUT2D eigenvalue weighted by Gasteiger charge is 2.55. The molecule has 1 aliphatic carbocycles. The molecular formula is C24H26N2O3. The maximum Gasteiger partial charge on any atom is 0.338 e. The highest BCUT2D eigenvalue weighted by Crippen LogP contribution is 2.52. The maximum atomic E-state index is 12.5. The second-order valence-electron chi connectivity index (χ2n) is 8.44. The van der Waals surface area contributed by atoms with E-state index < -0.39 is 0 Å². The average molecular weight is 390 g/mol. The molecule has 3 aromatic rings. The van der Waals surface area contributed by atoms with Gasteiger partial charge in [0.2, 0.25) is 0 Å². The van der Waals surface area contributed by atoms with Crippen LogP contribution in [0.3, 0.4) is 0 Å². The fourth-order valence-electron chi connectivity index (χ4n) is 4.26. The van der Waals surface area contributed by atoms with Crippen LogP contribution in [0.2, 0.25) is 0 Å². The molecule has 1 aliphatic heterocycles. The van der Waals surface area contributed by atoms with E-state index in [2.05, 4.69) is 47.9 Å². The number of carbonyl (C=O) groups is 1. The first-order valence-corrected chi connectivity index (χ1v) is 10.3. The Morgan fingerprint density at radius 2 is 1.93 bits per heavy atom. The first-order chi connectivity index (χ1) is 14.1. The number of carbonyl (C=O) groups excluding carboxylic acids is 1. The first-order valence-electron chi connectivity index (χ1n) is 10.3. The Kier molecular flexibility index (Phi) is 4.36. The smallest absolute Gasteiger partial charge is 0.338 e. The van der Waals surface area contributed by atoms with Crippen LogP contribution in [0.25, 0.3) is 0 Å².